The van der Waals surface area contributed by atoms with Crippen molar-refractivity contribution in [3.63, 3.8) is 0 Å². The number of rotatable bonds is 5. The largest absolute Gasteiger partial charge is 0.459 e. The minimum Gasteiger partial charge on any atom is -0.459 e. The molecule has 30 heavy (non-hydrogen) atoms. The Morgan fingerprint density at radius 2 is 1.80 bits per heavy atom. The van der Waals surface area contributed by atoms with Gasteiger partial charge in [-0.15, -0.1) is 0 Å². The zero-order valence-corrected chi connectivity index (χ0v) is 16.4. The molecule has 152 valence electrons. The molecule has 1 aromatic carbocycles. The third kappa shape index (κ3) is 3.86. The first-order valence-electron chi connectivity index (χ1n) is 9.23. The van der Waals surface area contributed by atoms with Gasteiger partial charge in [0.2, 0.25) is 5.91 Å². The number of aromatic amines is 1. The van der Waals surface area contributed by atoms with Crippen molar-refractivity contribution in [1.82, 2.24) is 14.6 Å². The van der Waals surface area contributed by atoms with Crippen LogP contribution in [-0.4, -0.2) is 26.4 Å². The van der Waals surface area contributed by atoms with Gasteiger partial charge in [-0.3, -0.25) is 19.5 Å². The third-order valence-electron chi connectivity index (χ3n) is 4.71. The molecule has 4 rings (SSSR count). The number of hydrogen-bond donors (Lipinski definition) is 3. The lowest BCUT2D eigenvalue weighted by Gasteiger charge is -2.12. The molecule has 3 N–H and O–H groups in total. The Balaban J connectivity index is 1.44. The highest BCUT2D eigenvalue weighted by molar-refractivity contribution is 6.02. The Bertz CT molecular complexity index is 1280. The third-order valence-corrected chi connectivity index (χ3v) is 4.71. The second-order valence-corrected chi connectivity index (χ2v) is 6.81. The van der Waals surface area contributed by atoms with Crippen molar-refractivity contribution in [3.8, 4) is 0 Å². The quantitative estimate of drug-likeness (QED) is 0.471. The van der Waals surface area contributed by atoms with Crippen LogP contribution in [-0.2, 0) is 11.2 Å². The minimum atomic E-state index is -0.353. The molecular formula is C21H19N5O4. The van der Waals surface area contributed by atoms with Gasteiger partial charge in [0, 0.05) is 34.4 Å². The fourth-order valence-corrected chi connectivity index (χ4v) is 3.21. The van der Waals surface area contributed by atoms with Crippen molar-refractivity contribution < 1.29 is 14.0 Å². The van der Waals surface area contributed by atoms with Crippen molar-refractivity contribution in [3.05, 3.63) is 81.8 Å². The molecule has 0 bridgehead atoms. The topological polar surface area (TPSA) is 121 Å². The van der Waals surface area contributed by atoms with Gasteiger partial charge in [-0.25, -0.2) is 9.50 Å². The van der Waals surface area contributed by atoms with Crippen molar-refractivity contribution in [2.45, 2.75) is 20.3 Å². The maximum Gasteiger partial charge on any atom is 0.291 e. The zero-order chi connectivity index (χ0) is 21.3. The smallest absolute Gasteiger partial charge is 0.291 e. The van der Waals surface area contributed by atoms with Crippen molar-refractivity contribution in [1.29, 1.82) is 0 Å². The number of carbonyl (C=O) groups excluding carboxylic acids is 2. The van der Waals surface area contributed by atoms with Crippen LogP contribution in [0.1, 0.15) is 27.5 Å². The number of nitrogens with zero attached hydrogens (tertiary/aromatic N) is 2. The number of anilines is 2. The highest BCUT2D eigenvalue weighted by atomic mass is 16.3. The lowest BCUT2D eigenvalue weighted by Crippen LogP contribution is -2.18. The molecule has 9 nitrogen and oxygen atoms in total. The van der Waals surface area contributed by atoms with E-state index in [2.05, 4.69) is 20.7 Å². The van der Waals surface area contributed by atoms with E-state index in [1.54, 1.807) is 40.9 Å². The number of furan rings is 1. The van der Waals surface area contributed by atoms with E-state index in [1.807, 2.05) is 13.8 Å². The lowest BCUT2D eigenvalue weighted by molar-refractivity contribution is -0.115. The molecule has 0 saturated heterocycles. The van der Waals surface area contributed by atoms with Gasteiger partial charge < -0.3 is 15.1 Å². The van der Waals surface area contributed by atoms with Gasteiger partial charge in [-0.1, -0.05) is 0 Å². The molecule has 0 aliphatic carbocycles. The summed E-state index contributed by atoms with van der Waals surface area (Å²) in [6, 6.07) is 11.4. The molecule has 0 aliphatic rings. The molecule has 0 aliphatic heterocycles. The van der Waals surface area contributed by atoms with Gasteiger partial charge in [0.1, 0.15) is 0 Å². The van der Waals surface area contributed by atoms with Crippen LogP contribution >= 0.6 is 0 Å². The van der Waals surface area contributed by atoms with Gasteiger partial charge >= 0.3 is 0 Å². The number of fused-ring (bicyclic) bond motifs is 1. The second kappa shape index (κ2) is 7.70. The fourth-order valence-electron chi connectivity index (χ4n) is 3.21. The zero-order valence-electron chi connectivity index (χ0n) is 16.4. The predicted octanol–water partition coefficient (Wildman–Crippen LogP) is 2.67. The summed E-state index contributed by atoms with van der Waals surface area (Å²) in [7, 11) is 0. The van der Waals surface area contributed by atoms with Crippen LogP contribution in [0, 0.1) is 13.8 Å². The second-order valence-electron chi connectivity index (χ2n) is 6.81. The number of nitrogens with one attached hydrogen (secondary N) is 3. The highest BCUT2D eigenvalue weighted by Crippen LogP contribution is 2.17. The number of aromatic nitrogens is 3. The van der Waals surface area contributed by atoms with Crippen molar-refractivity contribution in [2.75, 3.05) is 10.6 Å². The van der Waals surface area contributed by atoms with E-state index < -0.39 is 0 Å². The summed E-state index contributed by atoms with van der Waals surface area (Å²) < 4.78 is 6.63. The molecule has 3 aromatic heterocycles. The Hall–Kier alpha value is -4.14. The van der Waals surface area contributed by atoms with Crippen molar-refractivity contribution in [2.24, 2.45) is 0 Å². The van der Waals surface area contributed by atoms with Crippen LogP contribution in [0.15, 0.2) is 57.9 Å². The van der Waals surface area contributed by atoms with Gasteiger partial charge in [0.05, 0.1) is 12.7 Å². The number of benzene rings is 1. The molecule has 0 atom stereocenters. The number of carbonyl (C=O) groups is 2. The summed E-state index contributed by atoms with van der Waals surface area (Å²) in [4.78, 5) is 40.5. The molecule has 4 aromatic rings. The monoisotopic (exact) mass is 405 g/mol. The molecule has 0 fully saturated rings. The van der Waals surface area contributed by atoms with Gasteiger partial charge in [0.15, 0.2) is 11.4 Å². The minimum absolute atomic E-state index is 0.109. The Labute approximate surface area is 170 Å². The first-order valence-corrected chi connectivity index (χ1v) is 9.23. The summed E-state index contributed by atoms with van der Waals surface area (Å²) in [5, 5.41) is 8.22. The van der Waals surface area contributed by atoms with Crippen molar-refractivity contribution >= 4 is 28.8 Å². The molecular weight excluding hydrogens is 386 g/mol. The Kier molecular flexibility index (Phi) is 4.93. The summed E-state index contributed by atoms with van der Waals surface area (Å²) in [5.74, 6) is -0.356. The van der Waals surface area contributed by atoms with E-state index >= 15 is 0 Å². The maximum atomic E-state index is 12.5. The molecule has 3 heterocycles. The summed E-state index contributed by atoms with van der Waals surface area (Å²) >= 11 is 0. The average Bonchev–Trinajstić information content (AvgIpc) is 3.36. The lowest BCUT2D eigenvalue weighted by atomic mass is 10.1. The number of H-pyrrole nitrogens is 1. The van der Waals surface area contributed by atoms with E-state index in [0.29, 0.717) is 22.7 Å². The van der Waals surface area contributed by atoms with Gasteiger partial charge in [-0.2, -0.15) is 0 Å². The summed E-state index contributed by atoms with van der Waals surface area (Å²) in [6.45, 7) is 3.64. The van der Waals surface area contributed by atoms with Crippen LogP contribution in [0.5, 0.6) is 0 Å². The van der Waals surface area contributed by atoms with Crippen LogP contribution in [0.2, 0.25) is 0 Å². The molecule has 0 saturated carbocycles. The van der Waals surface area contributed by atoms with E-state index in [9.17, 15) is 14.4 Å². The predicted molar refractivity (Wildman–Crippen MR) is 111 cm³/mol. The van der Waals surface area contributed by atoms with E-state index in [-0.39, 0.29) is 29.6 Å². The van der Waals surface area contributed by atoms with E-state index in [0.717, 1.165) is 11.3 Å². The molecule has 0 radical (unpaired) electrons. The molecule has 2 amide bonds. The Morgan fingerprint density at radius 1 is 1.10 bits per heavy atom. The first kappa shape index (κ1) is 19.2. The van der Waals surface area contributed by atoms with E-state index in [4.69, 9.17) is 4.42 Å². The van der Waals surface area contributed by atoms with E-state index in [1.165, 1.54) is 12.3 Å². The van der Waals surface area contributed by atoms with Gasteiger partial charge in [-0.05, 0) is 50.2 Å². The fraction of sp³-hybridized carbons (Fsp3) is 0.143. The molecule has 0 spiro atoms. The SMILES string of the molecule is Cc1nc2cc(=O)[nH]n2c(C)c1CC(=O)Nc1ccc(NC(=O)c2ccco2)cc1. The summed E-state index contributed by atoms with van der Waals surface area (Å²) in [5.41, 5.74) is 3.64. The Morgan fingerprint density at radius 3 is 2.47 bits per heavy atom. The average molecular weight is 405 g/mol. The van der Waals surface area contributed by atoms with Crippen LogP contribution < -0.4 is 16.2 Å². The number of aryl methyl sites for hydroxylation is 2. The maximum absolute atomic E-state index is 12.5. The van der Waals surface area contributed by atoms with Gasteiger partial charge in [0.25, 0.3) is 11.5 Å². The van der Waals surface area contributed by atoms with Crippen LogP contribution in [0.4, 0.5) is 11.4 Å². The molecule has 9 heteroatoms. The standard InChI is InChI=1S/C21H19N5O4/c1-12-16(13(2)26-18(22-12)11-20(28)25-26)10-19(27)23-14-5-7-15(8-6-14)24-21(29)17-4-3-9-30-17/h3-9,11H,10H2,1-2H3,(H,23,27)(H,24,29)(H,25,28). The number of amides is 2. The van der Waals surface area contributed by atoms with Crippen LogP contribution in [0.3, 0.4) is 0 Å². The normalized spacial score (nSPS) is 10.9. The van der Waals surface area contributed by atoms with Crippen LogP contribution in [0.25, 0.3) is 5.65 Å². The molecule has 0 unspecified atom stereocenters. The number of hydrogen-bond acceptors (Lipinski definition) is 5. The summed E-state index contributed by atoms with van der Waals surface area (Å²) in [6.07, 6.45) is 1.54. The first-order chi connectivity index (χ1) is 14.4. The highest BCUT2D eigenvalue weighted by Gasteiger charge is 2.14.